The van der Waals surface area contributed by atoms with Gasteiger partial charge < -0.3 is 20.4 Å². The Balaban J connectivity index is 1.18. The van der Waals surface area contributed by atoms with Gasteiger partial charge in [-0.25, -0.2) is 9.97 Å². The first-order chi connectivity index (χ1) is 18.6. The second-order valence-electron chi connectivity index (χ2n) is 9.65. The van der Waals surface area contributed by atoms with Gasteiger partial charge in [0, 0.05) is 47.7 Å². The van der Waals surface area contributed by atoms with Crippen molar-refractivity contribution < 1.29 is 9.59 Å². The Hall–Kier alpha value is -4.29. The number of hydrogen-bond acceptors (Lipinski definition) is 7. The summed E-state index contributed by atoms with van der Waals surface area (Å²) in [4.78, 5) is 38.5. The molecule has 2 amide bonds. The van der Waals surface area contributed by atoms with Crippen molar-refractivity contribution in [3.63, 3.8) is 0 Å². The number of carbonyl (C=O) groups is 2. The molecule has 0 aliphatic carbocycles. The van der Waals surface area contributed by atoms with Crippen LogP contribution in [0.1, 0.15) is 46.4 Å². The highest BCUT2D eigenvalue weighted by atomic mass is 16.2. The molecule has 3 aromatic rings. The van der Waals surface area contributed by atoms with Crippen LogP contribution in [0.3, 0.4) is 0 Å². The number of rotatable bonds is 7. The van der Waals surface area contributed by atoms with Gasteiger partial charge >= 0.3 is 0 Å². The number of nitrogens with zero attached hydrogens (tertiary/aromatic N) is 5. The van der Waals surface area contributed by atoms with Gasteiger partial charge in [-0.1, -0.05) is 12.1 Å². The van der Waals surface area contributed by atoms with Crippen molar-refractivity contribution in [1.82, 2.24) is 25.1 Å². The molecule has 2 aromatic carbocycles. The number of aromatic nitrogens is 2. The van der Waals surface area contributed by atoms with Gasteiger partial charge in [0.1, 0.15) is 6.54 Å². The molecule has 0 saturated carbocycles. The standard InChI is InChI=1S/C29H31N7O2/c30-14-16-31-27(37)22-5-3-21(4-6-22)26-11-15-32-29(34-26)33-24-9-7-23(8-10-24)28(38)36-19-12-25(13-20-36)35-17-1-2-18-35/h3-11,15,25H,1-2,12-13,16-20H2,(H,31,37)(H,32,33,34). The third-order valence-corrected chi connectivity index (χ3v) is 7.22. The van der Waals surface area contributed by atoms with Crippen LogP contribution in [-0.2, 0) is 0 Å². The summed E-state index contributed by atoms with van der Waals surface area (Å²) >= 11 is 0. The number of nitrogens with one attached hydrogen (secondary N) is 2. The van der Waals surface area contributed by atoms with Crippen LogP contribution in [-0.4, -0.2) is 70.3 Å². The van der Waals surface area contributed by atoms with Gasteiger partial charge in [0.2, 0.25) is 5.95 Å². The number of amides is 2. The number of likely N-dealkylation sites (tertiary alicyclic amines) is 2. The lowest BCUT2D eigenvalue weighted by molar-refractivity contribution is 0.0644. The van der Waals surface area contributed by atoms with E-state index in [4.69, 9.17) is 5.26 Å². The van der Waals surface area contributed by atoms with Gasteiger partial charge in [0.05, 0.1) is 11.8 Å². The van der Waals surface area contributed by atoms with Gasteiger partial charge in [0.25, 0.3) is 11.8 Å². The maximum absolute atomic E-state index is 13.0. The van der Waals surface area contributed by atoms with E-state index in [0.717, 1.165) is 37.2 Å². The molecule has 194 valence electrons. The molecule has 9 nitrogen and oxygen atoms in total. The molecule has 0 radical (unpaired) electrons. The first-order valence-electron chi connectivity index (χ1n) is 13.1. The van der Waals surface area contributed by atoms with E-state index in [9.17, 15) is 9.59 Å². The second-order valence-corrected chi connectivity index (χ2v) is 9.65. The average Bonchev–Trinajstić information content (AvgIpc) is 3.52. The summed E-state index contributed by atoms with van der Waals surface area (Å²) in [7, 11) is 0. The fourth-order valence-corrected chi connectivity index (χ4v) is 5.14. The number of carbonyl (C=O) groups excluding carboxylic acids is 2. The Labute approximate surface area is 222 Å². The maximum Gasteiger partial charge on any atom is 0.253 e. The highest BCUT2D eigenvalue weighted by Gasteiger charge is 2.28. The molecule has 2 saturated heterocycles. The summed E-state index contributed by atoms with van der Waals surface area (Å²) in [5.74, 6) is 0.220. The molecular weight excluding hydrogens is 478 g/mol. The minimum absolute atomic E-state index is 0.0335. The Bertz CT molecular complexity index is 1300. The smallest absolute Gasteiger partial charge is 0.253 e. The van der Waals surface area contributed by atoms with Crippen molar-refractivity contribution in [3.8, 4) is 17.3 Å². The van der Waals surface area contributed by atoms with Crippen molar-refractivity contribution in [1.29, 1.82) is 5.26 Å². The van der Waals surface area contributed by atoms with Crippen LogP contribution in [0, 0.1) is 11.3 Å². The maximum atomic E-state index is 13.0. The molecule has 38 heavy (non-hydrogen) atoms. The summed E-state index contributed by atoms with van der Waals surface area (Å²) in [6.45, 7) is 4.00. The molecule has 2 N–H and O–H groups in total. The van der Waals surface area contributed by atoms with Crippen LogP contribution < -0.4 is 10.6 Å². The van der Waals surface area contributed by atoms with E-state index in [1.54, 1.807) is 24.4 Å². The fraction of sp³-hybridized carbons (Fsp3) is 0.345. The van der Waals surface area contributed by atoms with Gasteiger partial charge in [0.15, 0.2) is 0 Å². The van der Waals surface area contributed by atoms with Crippen molar-refractivity contribution in [3.05, 3.63) is 71.9 Å². The van der Waals surface area contributed by atoms with Crippen molar-refractivity contribution in [2.45, 2.75) is 31.7 Å². The van der Waals surface area contributed by atoms with Gasteiger partial charge in [-0.2, -0.15) is 5.26 Å². The Morgan fingerprint density at radius 1 is 0.921 bits per heavy atom. The molecule has 5 rings (SSSR count). The normalized spacial score (nSPS) is 16.1. The number of anilines is 2. The van der Waals surface area contributed by atoms with E-state index in [-0.39, 0.29) is 18.4 Å². The van der Waals surface area contributed by atoms with Crippen LogP contribution in [0.5, 0.6) is 0 Å². The Morgan fingerprint density at radius 2 is 1.61 bits per heavy atom. The van der Waals surface area contributed by atoms with Crippen LogP contribution in [0.25, 0.3) is 11.3 Å². The Kier molecular flexibility index (Phi) is 7.90. The third kappa shape index (κ3) is 5.98. The van der Waals surface area contributed by atoms with E-state index in [0.29, 0.717) is 28.8 Å². The van der Waals surface area contributed by atoms with Crippen LogP contribution in [0.2, 0.25) is 0 Å². The number of benzene rings is 2. The van der Waals surface area contributed by atoms with E-state index < -0.39 is 0 Å². The largest absolute Gasteiger partial charge is 0.339 e. The van der Waals surface area contributed by atoms with E-state index in [2.05, 4.69) is 25.5 Å². The highest BCUT2D eigenvalue weighted by molar-refractivity contribution is 5.95. The van der Waals surface area contributed by atoms with Crippen molar-refractivity contribution in [2.75, 3.05) is 38.0 Å². The zero-order valence-corrected chi connectivity index (χ0v) is 21.3. The SMILES string of the molecule is N#CCNC(=O)c1ccc(-c2ccnc(Nc3ccc(C(=O)N4CCC(N5CCCC5)CC4)cc3)n2)cc1. The molecule has 2 fully saturated rings. The first-order valence-corrected chi connectivity index (χ1v) is 13.1. The monoisotopic (exact) mass is 509 g/mol. The topological polar surface area (TPSA) is 114 Å². The Morgan fingerprint density at radius 3 is 2.29 bits per heavy atom. The van der Waals surface area contributed by atoms with Gasteiger partial charge in [-0.3, -0.25) is 9.59 Å². The molecule has 3 heterocycles. The third-order valence-electron chi connectivity index (χ3n) is 7.22. The first kappa shape index (κ1) is 25.4. The summed E-state index contributed by atoms with van der Waals surface area (Å²) < 4.78 is 0. The number of nitriles is 1. The summed E-state index contributed by atoms with van der Waals surface area (Å²) in [6.07, 6.45) is 6.37. The molecule has 0 bridgehead atoms. The molecule has 2 aliphatic heterocycles. The predicted molar refractivity (Wildman–Crippen MR) is 145 cm³/mol. The van der Waals surface area contributed by atoms with E-state index in [1.807, 2.05) is 47.4 Å². The molecule has 0 unspecified atom stereocenters. The molecule has 0 atom stereocenters. The zero-order chi connectivity index (χ0) is 26.3. The number of piperidine rings is 1. The fourth-order valence-electron chi connectivity index (χ4n) is 5.14. The lowest BCUT2D eigenvalue weighted by Gasteiger charge is -2.36. The minimum Gasteiger partial charge on any atom is -0.339 e. The summed E-state index contributed by atoms with van der Waals surface area (Å²) in [6, 6.07) is 18.7. The highest BCUT2D eigenvalue weighted by Crippen LogP contribution is 2.24. The van der Waals surface area contributed by atoms with Crippen molar-refractivity contribution >= 4 is 23.5 Å². The van der Waals surface area contributed by atoms with Gasteiger partial charge in [-0.05, 0) is 81.2 Å². The predicted octanol–water partition coefficient (Wildman–Crippen LogP) is 3.84. The molecular formula is C29H31N7O2. The van der Waals surface area contributed by atoms with Crippen LogP contribution >= 0.6 is 0 Å². The quantitative estimate of drug-likeness (QED) is 0.465. The summed E-state index contributed by atoms with van der Waals surface area (Å²) in [5, 5.41) is 14.3. The molecule has 9 heteroatoms. The van der Waals surface area contributed by atoms with E-state index >= 15 is 0 Å². The lowest BCUT2D eigenvalue weighted by Crippen LogP contribution is -2.45. The van der Waals surface area contributed by atoms with Crippen LogP contribution in [0.4, 0.5) is 11.6 Å². The summed E-state index contributed by atoms with van der Waals surface area (Å²) in [5.41, 5.74) is 3.49. The minimum atomic E-state index is -0.295. The zero-order valence-electron chi connectivity index (χ0n) is 21.3. The lowest BCUT2D eigenvalue weighted by atomic mass is 10.0. The van der Waals surface area contributed by atoms with Gasteiger partial charge in [-0.15, -0.1) is 0 Å². The van der Waals surface area contributed by atoms with Crippen LogP contribution in [0.15, 0.2) is 60.8 Å². The number of hydrogen-bond donors (Lipinski definition) is 2. The molecule has 1 aromatic heterocycles. The molecule has 2 aliphatic rings. The second kappa shape index (κ2) is 11.8. The van der Waals surface area contributed by atoms with E-state index in [1.165, 1.54) is 25.9 Å². The van der Waals surface area contributed by atoms with Crippen molar-refractivity contribution in [2.24, 2.45) is 0 Å². The molecule has 0 spiro atoms. The average molecular weight is 510 g/mol.